The van der Waals surface area contributed by atoms with Gasteiger partial charge in [-0.3, -0.25) is 9.78 Å². The Hall–Kier alpha value is -3.46. The Morgan fingerprint density at radius 1 is 0.731 bits per heavy atom. The van der Waals surface area contributed by atoms with Crippen molar-refractivity contribution in [3.63, 3.8) is 0 Å². The zero-order valence-corrected chi connectivity index (χ0v) is 14.1. The number of anilines is 1. The first-order valence-electron chi connectivity index (χ1n) is 8.67. The summed E-state index contributed by atoms with van der Waals surface area (Å²) in [6, 6.07) is 27.9. The van der Waals surface area contributed by atoms with Crippen LogP contribution in [0.25, 0.3) is 22.0 Å². The van der Waals surface area contributed by atoms with Gasteiger partial charge in [-0.15, -0.1) is 0 Å². The number of carbonyl (C=O) groups is 1. The first kappa shape index (κ1) is 14.8. The average molecular weight is 336 g/mol. The van der Waals surface area contributed by atoms with Crippen molar-refractivity contribution in [1.82, 2.24) is 4.98 Å². The molecule has 0 unspecified atom stereocenters. The van der Waals surface area contributed by atoms with Crippen LogP contribution in [0.3, 0.4) is 0 Å². The van der Waals surface area contributed by atoms with Gasteiger partial charge in [-0.1, -0.05) is 66.7 Å². The fraction of sp³-hybridized carbons (Fsp3) is 0.0435. The topological polar surface area (TPSA) is 33.2 Å². The van der Waals surface area contributed by atoms with Gasteiger partial charge in [0.2, 0.25) is 0 Å². The van der Waals surface area contributed by atoms with Crippen molar-refractivity contribution < 1.29 is 4.79 Å². The van der Waals surface area contributed by atoms with E-state index in [1.807, 2.05) is 77.7 Å². The molecule has 4 aromatic rings. The van der Waals surface area contributed by atoms with Gasteiger partial charge in [0.15, 0.2) is 0 Å². The molecule has 0 N–H and O–H groups in total. The van der Waals surface area contributed by atoms with Crippen LogP contribution in [0.4, 0.5) is 5.69 Å². The number of pyridine rings is 1. The van der Waals surface area contributed by atoms with E-state index in [9.17, 15) is 4.79 Å². The van der Waals surface area contributed by atoms with Gasteiger partial charge in [0.05, 0.1) is 23.3 Å². The molecular formula is C23H16N2O. The van der Waals surface area contributed by atoms with Gasteiger partial charge in [0.25, 0.3) is 5.91 Å². The Bertz CT molecular complexity index is 1120. The number of nitrogens with zero attached hydrogens (tertiary/aromatic N) is 2. The number of fused-ring (bicyclic) bond motifs is 2. The van der Waals surface area contributed by atoms with E-state index in [0.717, 1.165) is 39.0 Å². The van der Waals surface area contributed by atoms with Gasteiger partial charge in [0.1, 0.15) is 0 Å². The molecule has 0 saturated heterocycles. The average Bonchev–Trinajstić information content (AvgIpc) is 3.04. The predicted octanol–water partition coefficient (Wildman–Crippen LogP) is 5.06. The second kappa shape index (κ2) is 5.81. The highest BCUT2D eigenvalue weighted by atomic mass is 16.2. The van der Waals surface area contributed by atoms with Crippen LogP contribution in [0, 0.1) is 0 Å². The molecule has 3 heteroatoms. The van der Waals surface area contributed by atoms with Crippen LogP contribution in [-0.4, -0.2) is 10.9 Å². The number of aromatic nitrogens is 1. The Balaban J connectivity index is 1.78. The fourth-order valence-electron chi connectivity index (χ4n) is 3.69. The third-order valence-corrected chi connectivity index (χ3v) is 4.86. The van der Waals surface area contributed by atoms with E-state index in [1.165, 1.54) is 0 Å². The van der Waals surface area contributed by atoms with Crippen LogP contribution < -0.4 is 4.90 Å². The molecule has 0 radical (unpaired) electrons. The lowest BCUT2D eigenvalue weighted by molar-refractivity contribution is 0.0997. The van der Waals surface area contributed by atoms with Crippen molar-refractivity contribution in [2.75, 3.05) is 4.90 Å². The minimum Gasteiger partial charge on any atom is -0.302 e. The van der Waals surface area contributed by atoms with Crippen molar-refractivity contribution in [3.05, 3.63) is 96.2 Å². The maximum absolute atomic E-state index is 13.3. The summed E-state index contributed by atoms with van der Waals surface area (Å²) >= 11 is 0. The first-order valence-corrected chi connectivity index (χ1v) is 8.67. The third-order valence-electron chi connectivity index (χ3n) is 4.86. The Labute approximate surface area is 151 Å². The summed E-state index contributed by atoms with van der Waals surface area (Å²) in [4.78, 5) is 19.9. The van der Waals surface area contributed by atoms with Gasteiger partial charge in [-0.25, -0.2) is 0 Å². The lowest BCUT2D eigenvalue weighted by Gasteiger charge is -2.15. The van der Waals surface area contributed by atoms with Crippen LogP contribution in [0.5, 0.6) is 0 Å². The lowest BCUT2D eigenvalue weighted by atomic mass is 9.95. The molecule has 0 saturated carbocycles. The summed E-state index contributed by atoms with van der Waals surface area (Å²) in [5.74, 6) is 0.0170. The van der Waals surface area contributed by atoms with Crippen LogP contribution in [0.15, 0.2) is 84.9 Å². The molecule has 26 heavy (non-hydrogen) atoms. The van der Waals surface area contributed by atoms with E-state index >= 15 is 0 Å². The lowest BCUT2D eigenvalue weighted by Crippen LogP contribution is -2.23. The van der Waals surface area contributed by atoms with Crippen molar-refractivity contribution in [2.45, 2.75) is 6.54 Å². The van der Waals surface area contributed by atoms with Crippen LogP contribution in [0.1, 0.15) is 16.1 Å². The number of benzene rings is 3. The van der Waals surface area contributed by atoms with Crippen molar-refractivity contribution in [2.24, 2.45) is 0 Å². The molecule has 3 aromatic carbocycles. The molecule has 1 aromatic heterocycles. The van der Waals surface area contributed by atoms with E-state index in [0.29, 0.717) is 6.54 Å². The highest BCUT2D eigenvalue weighted by Crippen LogP contribution is 2.38. The van der Waals surface area contributed by atoms with E-state index in [1.54, 1.807) is 0 Å². The van der Waals surface area contributed by atoms with Gasteiger partial charge < -0.3 is 4.90 Å². The van der Waals surface area contributed by atoms with Gasteiger partial charge in [0, 0.05) is 16.6 Å². The van der Waals surface area contributed by atoms with Gasteiger partial charge in [-0.2, -0.15) is 0 Å². The molecule has 1 amide bonds. The van der Waals surface area contributed by atoms with Crippen LogP contribution in [-0.2, 0) is 6.54 Å². The summed E-state index contributed by atoms with van der Waals surface area (Å²) in [5, 5.41) is 1.01. The third kappa shape index (κ3) is 2.21. The molecule has 0 aliphatic carbocycles. The quantitative estimate of drug-likeness (QED) is 0.512. The van der Waals surface area contributed by atoms with Crippen molar-refractivity contribution in [1.29, 1.82) is 0 Å². The minimum absolute atomic E-state index is 0.0170. The number of hydrogen-bond donors (Lipinski definition) is 0. The minimum atomic E-state index is 0.0170. The van der Waals surface area contributed by atoms with Gasteiger partial charge in [-0.05, 0) is 23.8 Å². The van der Waals surface area contributed by atoms with Crippen molar-refractivity contribution >= 4 is 22.5 Å². The summed E-state index contributed by atoms with van der Waals surface area (Å²) in [6.07, 6.45) is 0. The van der Waals surface area contributed by atoms with Crippen LogP contribution in [0.2, 0.25) is 0 Å². The number of para-hydroxylation sites is 2. The molecule has 3 nitrogen and oxygen atoms in total. The van der Waals surface area contributed by atoms with E-state index < -0.39 is 0 Å². The summed E-state index contributed by atoms with van der Waals surface area (Å²) in [7, 11) is 0. The van der Waals surface area contributed by atoms with E-state index in [4.69, 9.17) is 4.98 Å². The second-order valence-corrected chi connectivity index (χ2v) is 6.42. The zero-order chi connectivity index (χ0) is 17.5. The highest BCUT2D eigenvalue weighted by Gasteiger charge is 2.33. The number of carbonyl (C=O) groups excluding carboxylic acids is 1. The summed E-state index contributed by atoms with van der Waals surface area (Å²) < 4.78 is 0. The molecule has 1 aliphatic rings. The normalized spacial score (nSPS) is 13.2. The highest BCUT2D eigenvalue weighted by molar-refractivity contribution is 6.17. The SMILES string of the molecule is O=C1c2c(nc3ccccc3c2-c2ccccc2)CN1c1ccccc1. The Morgan fingerprint density at radius 3 is 2.15 bits per heavy atom. The summed E-state index contributed by atoms with van der Waals surface area (Å²) in [5.41, 5.74) is 5.42. The molecule has 2 heterocycles. The molecule has 0 bridgehead atoms. The first-order chi connectivity index (χ1) is 12.8. The van der Waals surface area contributed by atoms with Gasteiger partial charge >= 0.3 is 0 Å². The monoisotopic (exact) mass is 336 g/mol. The number of hydrogen-bond acceptors (Lipinski definition) is 2. The van der Waals surface area contributed by atoms with Crippen molar-refractivity contribution in [3.8, 4) is 11.1 Å². The largest absolute Gasteiger partial charge is 0.302 e. The molecule has 5 rings (SSSR count). The Morgan fingerprint density at radius 2 is 1.38 bits per heavy atom. The smallest absolute Gasteiger partial charge is 0.261 e. The molecule has 124 valence electrons. The number of amides is 1. The molecule has 0 fully saturated rings. The van der Waals surface area contributed by atoms with E-state index in [2.05, 4.69) is 12.1 Å². The predicted molar refractivity (Wildman–Crippen MR) is 104 cm³/mol. The van der Waals surface area contributed by atoms with E-state index in [-0.39, 0.29) is 5.91 Å². The maximum atomic E-state index is 13.3. The maximum Gasteiger partial charge on any atom is 0.261 e. The molecule has 1 aliphatic heterocycles. The van der Waals surface area contributed by atoms with Crippen LogP contribution >= 0.6 is 0 Å². The Kier molecular flexibility index (Phi) is 3.32. The zero-order valence-electron chi connectivity index (χ0n) is 14.1. The molecular weight excluding hydrogens is 320 g/mol. The second-order valence-electron chi connectivity index (χ2n) is 6.42. The fourth-order valence-corrected chi connectivity index (χ4v) is 3.69. The number of rotatable bonds is 2. The molecule has 0 atom stereocenters. The standard InChI is InChI=1S/C23H16N2O/c26-23-22-20(15-25(23)17-11-5-2-6-12-17)24-19-14-8-7-13-18(19)21(22)16-9-3-1-4-10-16/h1-14H,15H2. The summed E-state index contributed by atoms with van der Waals surface area (Å²) in [6.45, 7) is 0.503. The molecule has 0 spiro atoms.